The fraction of sp³-hybridized carbons (Fsp3) is 0.714. The number of halogens is 4. The summed E-state index contributed by atoms with van der Waals surface area (Å²) < 4.78 is 36.7. The Morgan fingerprint density at radius 3 is 2.47 bits per heavy atom. The summed E-state index contributed by atoms with van der Waals surface area (Å²) in [5, 5.41) is 6.75. The normalized spacial score (nSPS) is 11.8. The van der Waals surface area contributed by atoms with E-state index in [2.05, 4.69) is 26.1 Å². The lowest BCUT2D eigenvalue weighted by molar-refractivity contribution is -0.138. The lowest BCUT2D eigenvalue weighted by atomic mass is 10.6. The van der Waals surface area contributed by atoms with Crippen molar-refractivity contribution in [2.24, 2.45) is 0 Å². The Morgan fingerprint density at radius 1 is 1.40 bits per heavy atom. The van der Waals surface area contributed by atoms with Crippen molar-refractivity contribution in [3.05, 3.63) is 5.01 Å². The molecule has 0 radical (unpaired) electrons. The third kappa shape index (κ3) is 3.30. The SMILES string of the molecule is CCN(CCBr)c1nnc(C(F)(F)F)s1. The van der Waals surface area contributed by atoms with Crippen LogP contribution in [-0.4, -0.2) is 28.6 Å². The lowest BCUT2D eigenvalue weighted by Gasteiger charge is -2.16. The predicted molar refractivity (Wildman–Crippen MR) is 56.6 cm³/mol. The molecule has 3 nitrogen and oxygen atoms in total. The summed E-state index contributed by atoms with van der Waals surface area (Å²) in [7, 11) is 0. The molecular weight excluding hydrogens is 295 g/mol. The van der Waals surface area contributed by atoms with Crippen molar-refractivity contribution in [1.29, 1.82) is 0 Å². The zero-order valence-electron chi connectivity index (χ0n) is 7.88. The Labute approximate surface area is 97.4 Å². The number of aromatic nitrogens is 2. The molecule has 0 saturated carbocycles. The van der Waals surface area contributed by atoms with E-state index in [1.54, 1.807) is 4.90 Å². The Kier molecular flexibility index (Phi) is 4.32. The molecule has 0 aliphatic heterocycles. The molecule has 86 valence electrons. The van der Waals surface area contributed by atoms with E-state index < -0.39 is 11.2 Å². The van der Waals surface area contributed by atoms with Gasteiger partial charge in [0, 0.05) is 18.4 Å². The fourth-order valence-electron chi connectivity index (χ4n) is 0.949. The highest BCUT2D eigenvalue weighted by Crippen LogP contribution is 2.34. The molecule has 0 aliphatic rings. The molecule has 1 aromatic heterocycles. The predicted octanol–water partition coefficient (Wildman–Crippen LogP) is 2.78. The van der Waals surface area contributed by atoms with Crippen LogP contribution in [0.1, 0.15) is 11.9 Å². The molecule has 1 heterocycles. The maximum atomic E-state index is 12.2. The van der Waals surface area contributed by atoms with Gasteiger partial charge in [0.15, 0.2) is 0 Å². The Balaban J connectivity index is 2.82. The van der Waals surface area contributed by atoms with Gasteiger partial charge in [-0.05, 0) is 6.92 Å². The zero-order chi connectivity index (χ0) is 11.5. The average molecular weight is 304 g/mol. The maximum Gasteiger partial charge on any atom is 0.445 e. The van der Waals surface area contributed by atoms with Gasteiger partial charge in [-0.15, -0.1) is 10.2 Å². The molecule has 0 N–H and O–H groups in total. The second-order valence-electron chi connectivity index (χ2n) is 2.66. The summed E-state index contributed by atoms with van der Waals surface area (Å²) in [6.45, 7) is 3.08. The third-order valence-electron chi connectivity index (χ3n) is 1.66. The van der Waals surface area contributed by atoms with Crippen LogP contribution in [0.15, 0.2) is 0 Å². The lowest BCUT2D eigenvalue weighted by Crippen LogP contribution is -2.24. The van der Waals surface area contributed by atoms with Crippen molar-refractivity contribution in [1.82, 2.24) is 10.2 Å². The highest BCUT2D eigenvalue weighted by Gasteiger charge is 2.36. The maximum absolute atomic E-state index is 12.2. The molecule has 1 aromatic rings. The molecule has 0 bridgehead atoms. The minimum atomic E-state index is -4.40. The van der Waals surface area contributed by atoms with Gasteiger partial charge in [0.05, 0.1) is 0 Å². The Hall–Kier alpha value is -0.370. The minimum Gasteiger partial charge on any atom is -0.346 e. The van der Waals surface area contributed by atoms with E-state index in [1.165, 1.54) is 0 Å². The van der Waals surface area contributed by atoms with Crippen LogP contribution in [0.5, 0.6) is 0 Å². The molecule has 15 heavy (non-hydrogen) atoms. The molecule has 1 rings (SSSR count). The average Bonchev–Trinajstić information content (AvgIpc) is 2.62. The van der Waals surface area contributed by atoms with Crippen molar-refractivity contribution >= 4 is 32.4 Å². The zero-order valence-corrected chi connectivity index (χ0v) is 10.3. The number of hydrogen-bond donors (Lipinski definition) is 0. The van der Waals surface area contributed by atoms with E-state index in [4.69, 9.17) is 0 Å². The first kappa shape index (κ1) is 12.7. The van der Waals surface area contributed by atoms with Gasteiger partial charge < -0.3 is 4.90 Å². The quantitative estimate of drug-likeness (QED) is 0.801. The summed E-state index contributed by atoms with van der Waals surface area (Å²) in [4.78, 5) is 1.74. The molecule has 0 unspecified atom stereocenters. The van der Waals surface area contributed by atoms with E-state index >= 15 is 0 Å². The second-order valence-corrected chi connectivity index (χ2v) is 4.41. The van der Waals surface area contributed by atoms with Gasteiger partial charge in [-0.25, -0.2) is 0 Å². The molecule has 0 spiro atoms. The van der Waals surface area contributed by atoms with Crippen LogP contribution in [0.3, 0.4) is 0 Å². The van der Waals surface area contributed by atoms with Gasteiger partial charge >= 0.3 is 6.18 Å². The largest absolute Gasteiger partial charge is 0.445 e. The number of nitrogens with zero attached hydrogens (tertiary/aromatic N) is 3. The monoisotopic (exact) mass is 303 g/mol. The van der Waals surface area contributed by atoms with Gasteiger partial charge in [-0.2, -0.15) is 13.2 Å². The number of rotatable bonds is 4. The highest BCUT2D eigenvalue weighted by atomic mass is 79.9. The second kappa shape index (κ2) is 5.11. The van der Waals surface area contributed by atoms with Gasteiger partial charge in [-0.3, -0.25) is 0 Å². The fourth-order valence-corrected chi connectivity index (χ4v) is 2.18. The van der Waals surface area contributed by atoms with Crippen LogP contribution in [-0.2, 0) is 6.18 Å². The van der Waals surface area contributed by atoms with Crippen LogP contribution < -0.4 is 4.90 Å². The number of alkyl halides is 4. The van der Waals surface area contributed by atoms with Crippen LogP contribution in [0.2, 0.25) is 0 Å². The van der Waals surface area contributed by atoms with Crippen molar-refractivity contribution in [2.75, 3.05) is 23.3 Å². The van der Waals surface area contributed by atoms with Gasteiger partial charge in [-0.1, -0.05) is 27.3 Å². The summed E-state index contributed by atoms with van der Waals surface area (Å²) in [6, 6.07) is 0. The van der Waals surface area contributed by atoms with Crippen molar-refractivity contribution in [2.45, 2.75) is 13.1 Å². The smallest absolute Gasteiger partial charge is 0.346 e. The molecular formula is C7H9BrF3N3S. The Bertz CT molecular complexity index is 315. The van der Waals surface area contributed by atoms with Crippen molar-refractivity contribution in [3.8, 4) is 0 Å². The van der Waals surface area contributed by atoms with E-state index in [-0.39, 0.29) is 0 Å². The van der Waals surface area contributed by atoms with Gasteiger partial charge in [0.2, 0.25) is 10.1 Å². The number of hydrogen-bond acceptors (Lipinski definition) is 4. The Morgan fingerprint density at radius 2 is 2.07 bits per heavy atom. The van der Waals surface area contributed by atoms with E-state index in [9.17, 15) is 13.2 Å². The van der Waals surface area contributed by atoms with Crippen LogP contribution in [0.25, 0.3) is 0 Å². The molecule has 8 heteroatoms. The topological polar surface area (TPSA) is 29.0 Å². The first-order valence-corrected chi connectivity index (χ1v) is 6.14. The van der Waals surface area contributed by atoms with Crippen LogP contribution in [0, 0.1) is 0 Å². The summed E-state index contributed by atoms with van der Waals surface area (Å²) in [5.41, 5.74) is 0. The molecule has 0 aromatic carbocycles. The van der Waals surface area contributed by atoms with E-state index in [1.807, 2.05) is 6.92 Å². The number of anilines is 1. The van der Waals surface area contributed by atoms with Gasteiger partial charge in [0.1, 0.15) is 0 Å². The first-order chi connectivity index (χ1) is 6.99. The summed E-state index contributed by atoms with van der Waals surface area (Å²) in [6.07, 6.45) is -4.40. The molecule has 0 amide bonds. The highest BCUT2D eigenvalue weighted by molar-refractivity contribution is 9.09. The summed E-state index contributed by atoms with van der Waals surface area (Å²) in [5.74, 6) is 0. The summed E-state index contributed by atoms with van der Waals surface area (Å²) >= 11 is 3.80. The van der Waals surface area contributed by atoms with Crippen molar-refractivity contribution in [3.63, 3.8) is 0 Å². The van der Waals surface area contributed by atoms with E-state index in [0.717, 1.165) is 0 Å². The molecule has 0 atom stereocenters. The first-order valence-electron chi connectivity index (χ1n) is 4.20. The van der Waals surface area contributed by atoms with Gasteiger partial charge in [0.25, 0.3) is 0 Å². The van der Waals surface area contributed by atoms with E-state index in [0.29, 0.717) is 34.9 Å². The minimum absolute atomic E-state index is 0.310. The molecule has 0 fully saturated rings. The third-order valence-corrected chi connectivity index (χ3v) is 3.05. The van der Waals surface area contributed by atoms with Crippen LogP contribution in [0.4, 0.5) is 18.3 Å². The van der Waals surface area contributed by atoms with Crippen LogP contribution >= 0.6 is 27.3 Å². The molecule has 0 aliphatic carbocycles. The standard InChI is InChI=1S/C7H9BrF3N3S/c1-2-14(4-3-8)6-13-12-5(15-6)7(9,10)11/h2-4H2,1H3. The van der Waals surface area contributed by atoms with Crippen molar-refractivity contribution < 1.29 is 13.2 Å². The molecule has 0 saturated heterocycles.